The summed E-state index contributed by atoms with van der Waals surface area (Å²) in [7, 11) is -0.126. The van der Waals surface area contributed by atoms with Crippen molar-refractivity contribution in [2.24, 2.45) is 0 Å². The van der Waals surface area contributed by atoms with Gasteiger partial charge in [-0.15, -0.1) is 0 Å². The van der Waals surface area contributed by atoms with Crippen LogP contribution in [0, 0.1) is 0 Å². The first-order valence-electron chi connectivity index (χ1n) is 13.1. The van der Waals surface area contributed by atoms with E-state index in [9.17, 15) is 8.76 Å². The summed E-state index contributed by atoms with van der Waals surface area (Å²) in [5, 5.41) is 9.73. The van der Waals surface area contributed by atoms with E-state index in [0.29, 0.717) is 17.0 Å². The van der Waals surface area contributed by atoms with Gasteiger partial charge in [-0.25, -0.2) is 9.50 Å². The summed E-state index contributed by atoms with van der Waals surface area (Å²) >= 11 is 0. The number of nitrogens with one attached hydrogen (secondary N) is 1. The number of rotatable bonds is 5. The van der Waals surface area contributed by atoms with Crippen LogP contribution in [-0.4, -0.2) is 62.7 Å². The molecule has 39 heavy (non-hydrogen) atoms. The van der Waals surface area contributed by atoms with Gasteiger partial charge in [0.25, 0.3) is 0 Å². The molecule has 200 valence electrons. The second-order valence-electron chi connectivity index (χ2n) is 10.4. The van der Waals surface area contributed by atoms with Gasteiger partial charge < -0.3 is 10.2 Å². The van der Waals surface area contributed by atoms with E-state index in [2.05, 4.69) is 53.4 Å². The Labute approximate surface area is 229 Å². The molecule has 0 spiro atoms. The maximum atomic E-state index is 13.1. The number of hydrogen-bond donors (Lipinski definition) is 2. The van der Waals surface area contributed by atoms with E-state index < -0.39 is 10.4 Å². The van der Waals surface area contributed by atoms with E-state index in [1.165, 1.54) is 9.99 Å². The van der Waals surface area contributed by atoms with Gasteiger partial charge >= 0.3 is 10.4 Å². The van der Waals surface area contributed by atoms with E-state index >= 15 is 0 Å². The Morgan fingerprint density at radius 3 is 2.31 bits per heavy atom. The van der Waals surface area contributed by atoms with Crippen LogP contribution in [0.1, 0.15) is 13.8 Å². The van der Waals surface area contributed by atoms with Gasteiger partial charge in [0.05, 0.1) is 6.20 Å². The number of fused-ring (bicyclic) bond motifs is 2. The molecule has 3 aromatic carbocycles. The lowest BCUT2D eigenvalue weighted by molar-refractivity contribution is 0.432. The van der Waals surface area contributed by atoms with Crippen LogP contribution in [0.4, 0.5) is 5.69 Å². The predicted molar refractivity (Wildman–Crippen MR) is 158 cm³/mol. The summed E-state index contributed by atoms with van der Waals surface area (Å²) in [5.41, 5.74) is 5.81. The van der Waals surface area contributed by atoms with Crippen LogP contribution in [0.5, 0.6) is 0 Å². The highest BCUT2D eigenvalue weighted by atomic mass is 32.3. The molecule has 1 unspecified atom stereocenters. The molecular weight excluding hydrogens is 508 g/mol. The largest absolute Gasteiger partial charge is 0.364 e. The third-order valence-electron chi connectivity index (χ3n) is 7.64. The van der Waals surface area contributed by atoms with Crippen molar-refractivity contribution in [1.29, 1.82) is 0 Å². The Bertz CT molecular complexity index is 1700. The molecule has 0 aliphatic carbocycles. The minimum absolute atomic E-state index is 0.395. The average molecular weight is 542 g/mol. The highest BCUT2D eigenvalue weighted by Crippen LogP contribution is 2.36. The van der Waals surface area contributed by atoms with Gasteiger partial charge in [0.1, 0.15) is 0 Å². The minimum Gasteiger partial charge on any atom is -0.364 e. The topological polar surface area (TPSA) is 86.0 Å². The number of nitrogens with zero attached hydrogens (tertiary/aromatic N) is 5. The molecule has 0 bridgehead atoms. The molecule has 3 heterocycles. The van der Waals surface area contributed by atoms with Gasteiger partial charge in [-0.1, -0.05) is 40.7 Å². The summed E-state index contributed by atoms with van der Waals surface area (Å²) < 4.78 is 27.0. The van der Waals surface area contributed by atoms with Crippen LogP contribution in [-0.2, 0) is 14.6 Å². The first-order chi connectivity index (χ1) is 18.8. The van der Waals surface area contributed by atoms with Crippen molar-refractivity contribution in [3.63, 3.8) is 0 Å². The quantitative estimate of drug-likeness (QED) is 0.297. The van der Waals surface area contributed by atoms with Gasteiger partial charge in [-0.2, -0.15) is 9.65 Å². The molecular formula is C30H33N6O2S+. The van der Waals surface area contributed by atoms with Crippen molar-refractivity contribution in [2.75, 3.05) is 32.1 Å². The smallest absolute Gasteiger partial charge is 0.325 e. The molecule has 5 aromatic rings. The Hall–Kier alpha value is -3.63. The summed E-state index contributed by atoms with van der Waals surface area (Å²) in [6.45, 7) is 6.48. The number of aromatic nitrogens is 3. The summed E-state index contributed by atoms with van der Waals surface area (Å²) in [6.07, 6.45) is 5.70. The zero-order chi connectivity index (χ0) is 27.3. The van der Waals surface area contributed by atoms with Crippen LogP contribution in [0.2, 0.25) is 0 Å². The van der Waals surface area contributed by atoms with Gasteiger partial charge in [0.2, 0.25) is 4.90 Å². The molecule has 9 heteroatoms. The molecule has 1 aliphatic heterocycles. The Balaban J connectivity index is 1.36. The third-order valence-corrected chi connectivity index (χ3v) is 9.56. The van der Waals surface area contributed by atoms with Crippen LogP contribution in [0.25, 0.3) is 38.7 Å². The van der Waals surface area contributed by atoms with Crippen molar-refractivity contribution in [2.45, 2.75) is 30.8 Å². The van der Waals surface area contributed by atoms with Crippen molar-refractivity contribution >= 4 is 32.5 Å². The van der Waals surface area contributed by atoms with Crippen molar-refractivity contribution in [3.05, 3.63) is 79.3 Å². The first kappa shape index (κ1) is 25.6. The SMILES string of the molecule is C[C@@H]1CNC[C@H](C)N1c1ccc(-c2cnc3c(-c4cccc5c([S+](=O)(O)N(C)C)cccc45)cnn3c2)cc1. The lowest BCUT2D eigenvalue weighted by atomic mass is 10.00. The molecule has 0 radical (unpaired) electrons. The average Bonchev–Trinajstić information content (AvgIpc) is 3.35. The minimum atomic E-state index is -3.34. The maximum absolute atomic E-state index is 13.1. The molecule has 3 atom stereocenters. The van der Waals surface area contributed by atoms with Crippen molar-refractivity contribution in [3.8, 4) is 22.3 Å². The van der Waals surface area contributed by atoms with E-state index in [1.807, 2.05) is 48.9 Å². The second kappa shape index (κ2) is 9.84. The lowest BCUT2D eigenvalue weighted by Gasteiger charge is -2.41. The zero-order valence-electron chi connectivity index (χ0n) is 22.6. The number of benzene rings is 3. The fourth-order valence-electron chi connectivity index (χ4n) is 5.63. The Morgan fingerprint density at radius 2 is 1.59 bits per heavy atom. The molecule has 1 aliphatic rings. The monoisotopic (exact) mass is 541 g/mol. The van der Waals surface area contributed by atoms with Gasteiger partial charge in [-0.05, 0) is 58.8 Å². The van der Waals surface area contributed by atoms with Crippen molar-refractivity contribution in [1.82, 2.24) is 24.2 Å². The van der Waals surface area contributed by atoms with Gasteiger partial charge in [0, 0.05) is 73.9 Å². The predicted octanol–water partition coefficient (Wildman–Crippen LogP) is 5.21. The standard InChI is InChI=1S/C30H32N6O2S/c1-20-15-31-16-21(2)36(20)24-13-11-22(12-14-24)23-17-32-30-28(18-33-35(30)19-23)26-7-5-9-27-25(26)8-6-10-29(27)39(37,38)34(3)4/h5-14,17-21,31H,15-16H2,1-4H3/p+1/t20-,21+. The van der Waals surface area contributed by atoms with E-state index in [4.69, 9.17) is 4.98 Å². The molecule has 2 aromatic heterocycles. The van der Waals surface area contributed by atoms with Crippen LogP contribution < -0.4 is 10.2 Å². The van der Waals surface area contributed by atoms with E-state index in [-0.39, 0.29) is 0 Å². The molecule has 6 rings (SSSR count). The number of piperazine rings is 1. The third kappa shape index (κ3) is 4.41. The normalized spacial score (nSPS) is 19.6. The fraction of sp³-hybridized carbons (Fsp3) is 0.267. The van der Waals surface area contributed by atoms with E-state index in [1.54, 1.807) is 24.7 Å². The highest BCUT2D eigenvalue weighted by molar-refractivity contribution is 7.95. The molecule has 0 amide bonds. The Kier molecular flexibility index (Phi) is 6.47. The summed E-state index contributed by atoms with van der Waals surface area (Å²) in [5.74, 6) is 0. The molecule has 1 fully saturated rings. The zero-order valence-corrected chi connectivity index (χ0v) is 23.4. The fourth-order valence-corrected chi connectivity index (χ4v) is 6.74. The maximum Gasteiger partial charge on any atom is 0.325 e. The number of hydrogen-bond acceptors (Lipinski definition) is 5. The van der Waals surface area contributed by atoms with Gasteiger partial charge in [0.15, 0.2) is 5.65 Å². The summed E-state index contributed by atoms with van der Waals surface area (Å²) in [6, 6.07) is 20.9. The van der Waals surface area contributed by atoms with Gasteiger partial charge in [-0.3, -0.25) is 0 Å². The molecule has 0 saturated carbocycles. The van der Waals surface area contributed by atoms with Crippen molar-refractivity contribution < 1.29 is 8.76 Å². The van der Waals surface area contributed by atoms with Crippen LogP contribution >= 0.6 is 0 Å². The first-order valence-corrected chi connectivity index (χ1v) is 14.6. The summed E-state index contributed by atoms with van der Waals surface area (Å²) in [4.78, 5) is 7.68. The molecule has 1 saturated heterocycles. The lowest BCUT2D eigenvalue weighted by Crippen LogP contribution is -2.55. The second-order valence-corrected chi connectivity index (χ2v) is 12.6. The molecule has 8 nitrogen and oxygen atoms in total. The molecule has 2 N–H and O–H groups in total. The van der Waals surface area contributed by atoms with Crippen LogP contribution in [0.15, 0.2) is 84.1 Å². The van der Waals surface area contributed by atoms with E-state index in [0.717, 1.165) is 51.8 Å². The Morgan fingerprint density at radius 1 is 0.897 bits per heavy atom. The number of anilines is 1. The van der Waals surface area contributed by atoms with Crippen LogP contribution in [0.3, 0.4) is 0 Å². The highest BCUT2D eigenvalue weighted by Gasteiger charge is 2.35.